The lowest BCUT2D eigenvalue weighted by atomic mass is 9.74. The Hall–Kier alpha value is -3.49. The van der Waals surface area contributed by atoms with Crippen molar-refractivity contribution in [3.63, 3.8) is 0 Å². The maximum absolute atomic E-state index is 14.6. The molecule has 1 aliphatic carbocycles. The number of carbonyl (C=O) groups is 1. The highest BCUT2D eigenvalue weighted by atomic mass is 19.1. The second-order valence-corrected chi connectivity index (χ2v) is 15.9. The van der Waals surface area contributed by atoms with E-state index in [9.17, 15) is 14.4 Å². The molecule has 10 nitrogen and oxygen atoms in total. The molecule has 7 rings (SSSR count). The van der Waals surface area contributed by atoms with Crippen molar-refractivity contribution in [3.8, 4) is 12.1 Å². The summed E-state index contributed by atoms with van der Waals surface area (Å²) in [6, 6.07) is 8.90. The third kappa shape index (κ3) is 6.46. The molecule has 5 aliphatic rings. The van der Waals surface area contributed by atoms with E-state index in [0.29, 0.717) is 50.8 Å². The molecule has 4 aliphatic heterocycles. The number of hydrogen-bond acceptors (Lipinski definition) is 9. The molecule has 1 amide bonds. The van der Waals surface area contributed by atoms with Crippen LogP contribution in [-0.4, -0.2) is 71.1 Å². The summed E-state index contributed by atoms with van der Waals surface area (Å²) >= 11 is 0. The molecule has 0 bridgehead atoms. The van der Waals surface area contributed by atoms with Crippen molar-refractivity contribution in [1.29, 1.82) is 5.26 Å². The summed E-state index contributed by atoms with van der Waals surface area (Å²) in [6.07, 6.45) is 6.88. The highest BCUT2D eigenvalue weighted by Crippen LogP contribution is 2.47. The molecule has 3 fully saturated rings. The number of fused-ring (bicyclic) bond motifs is 4. The maximum Gasteiger partial charge on any atom is 0.412 e. The smallest absolute Gasteiger partial charge is 0.412 e. The Morgan fingerprint density at radius 3 is 2.79 bits per heavy atom. The molecule has 1 spiro atoms. The number of aromatic nitrogens is 2. The SMILES string of the molecule is CC(C)(C)OC(=O)Nc1ccc2c(c1)[C@]1(CCC2)Cc2nc(OC[C@@]34CCCN3C[C@H](F)C4)nc(N3CCC[C@](C)(C#N)CC3)c2CO1. The van der Waals surface area contributed by atoms with Gasteiger partial charge >= 0.3 is 12.1 Å². The van der Waals surface area contributed by atoms with Crippen molar-refractivity contribution >= 4 is 17.6 Å². The van der Waals surface area contributed by atoms with E-state index in [4.69, 9.17) is 24.2 Å². The van der Waals surface area contributed by atoms with E-state index in [-0.39, 0.29) is 11.0 Å². The summed E-state index contributed by atoms with van der Waals surface area (Å²) in [4.78, 5) is 27.3. The second kappa shape index (κ2) is 12.4. The number of halogens is 1. The Kier molecular flexibility index (Phi) is 8.56. The molecule has 0 saturated carbocycles. The van der Waals surface area contributed by atoms with Crippen LogP contribution in [0.1, 0.15) is 101 Å². The second-order valence-electron chi connectivity index (χ2n) is 15.9. The summed E-state index contributed by atoms with van der Waals surface area (Å²) in [5, 5.41) is 12.8. The Bertz CT molecular complexity index is 1610. The van der Waals surface area contributed by atoms with E-state index >= 15 is 0 Å². The Morgan fingerprint density at radius 2 is 1.98 bits per heavy atom. The minimum Gasteiger partial charge on any atom is -0.461 e. The lowest BCUT2D eigenvalue weighted by Crippen LogP contribution is -2.44. The number of amides is 1. The van der Waals surface area contributed by atoms with Crippen LogP contribution in [0.5, 0.6) is 6.01 Å². The third-order valence-electron chi connectivity index (χ3n) is 11.2. The molecule has 0 radical (unpaired) electrons. The number of nitrogens with one attached hydrogen (secondary N) is 1. The fraction of sp³-hybridized carbons (Fsp3) is 0.676. The lowest BCUT2D eigenvalue weighted by molar-refractivity contribution is -0.0855. The monoisotopic (exact) mass is 660 g/mol. The minimum atomic E-state index is -0.835. The highest BCUT2D eigenvalue weighted by Gasteiger charge is 2.50. The van der Waals surface area contributed by atoms with Crippen LogP contribution in [0.15, 0.2) is 18.2 Å². The van der Waals surface area contributed by atoms with Crippen molar-refractivity contribution < 1.29 is 23.4 Å². The number of hydrogen-bond donors (Lipinski definition) is 1. The van der Waals surface area contributed by atoms with E-state index in [1.807, 2.05) is 39.8 Å². The van der Waals surface area contributed by atoms with Gasteiger partial charge in [-0.25, -0.2) is 9.18 Å². The lowest BCUT2D eigenvalue weighted by Gasteiger charge is -2.43. The van der Waals surface area contributed by atoms with Crippen LogP contribution in [-0.2, 0) is 34.5 Å². The van der Waals surface area contributed by atoms with Gasteiger partial charge in [0.2, 0.25) is 0 Å². The van der Waals surface area contributed by atoms with Gasteiger partial charge in [0.25, 0.3) is 0 Å². The third-order valence-corrected chi connectivity index (χ3v) is 11.2. The van der Waals surface area contributed by atoms with Gasteiger partial charge in [0.1, 0.15) is 24.2 Å². The van der Waals surface area contributed by atoms with Gasteiger partial charge in [-0.05, 0) is 109 Å². The number of carbonyl (C=O) groups excluding carboxylic acids is 1. The fourth-order valence-corrected chi connectivity index (χ4v) is 8.65. The molecule has 1 N–H and O–H groups in total. The van der Waals surface area contributed by atoms with Crippen LogP contribution in [0.4, 0.5) is 20.7 Å². The fourth-order valence-electron chi connectivity index (χ4n) is 8.65. The zero-order valence-electron chi connectivity index (χ0n) is 28.9. The molecular weight excluding hydrogens is 611 g/mol. The van der Waals surface area contributed by atoms with Gasteiger partial charge < -0.3 is 19.1 Å². The van der Waals surface area contributed by atoms with Crippen LogP contribution < -0.4 is 15.0 Å². The van der Waals surface area contributed by atoms with Crippen molar-refractivity contribution in [2.24, 2.45) is 5.41 Å². The first-order valence-corrected chi connectivity index (χ1v) is 17.7. The van der Waals surface area contributed by atoms with Crippen LogP contribution in [0.2, 0.25) is 0 Å². The summed E-state index contributed by atoms with van der Waals surface area (Å²) in [5.74, 6) is 0.819. The van der Waals surface area contributed by atoms with Gasteiger partial charge in [-0.1, -0.05) is 6.07 Å². The number of nitriles is 1. The van der Waals surface area contributed by atoms with Gasteiger partial charge in [0, 0.05) is 43.7 Å². The van der Waals surface area contributed by atoms with Crippen molar-refractivity contribution in [2.75, 3.05) is 43.0 Å². The van der Waals surface area contributed by atoms with Crippen LogP contribution in [0.25, 0.3) is 0 Å². The number of ether oxygens (including phenoxy) is 3. The largest absolute Gasteiger partial charge is 0.461 e. The van der Waals surface area contributed by atoms with Gasteiger partial charge in [-0.15, -0.1) is 0 Å². The zero-order chi connectivity index (χ0) is 33.7. The average molecular weight is 661 g/mol. The number of rotatable bonds is 5. The van der Waals surface area contributed by atoms with Crippen molar-refractivity contribution in [1.82, 2.24) is 14.9 Å². The normalized spacial score (nSPS) is 30.2. The quantitative estimate of drug-likeness (QED) is 0.379. The molecule has 5 heterocycles. The maximum atomic E-state index is 14.6. The Balaban J connectivity index is 1.21. The summed E-state index contributed by atoms with van der Waals surface area (Å²) in [7, 11) is 0. The van der Waals surface area contributed by atoms with Gasteiger partial charge in [0.15, 0.2) is 0 Å². The number of alkyl halides is 1. The van der Waals surface area contributed by atoms with Gasteiger partial charge in [-0.2, -0.15) is 15.2 Å². The number of benzene rings is 1. The van der Waals surface area contributed by atoms with Crippen molar-refractivity contribution in [3.05, 3.63) is 40.6 Å². The van der Waals surface area contributed by atoms with Crippen LogP contribution in [0, 0.1) is 16.7 Å². The topological polar surface area (TPSA) is 113 Å². The standard InChI is InChI=1S/C37H49FN6O4/c1-34(2,3)48-33(45)40-27-10-9-25-8-5-13-37(29(25)18-27)20-30-28(22-47-37)31(43-15-6-11-35(4,23-39)14-17-43)42-32(41-30)46-24-36-12-7-16-44(36)21-26(38)19-36/h9-10,18,26H,5-8,11-17,19-22,24H2,1-4H3,(H,40,45)/t26-,35+,36+,37+/m1/s1. The molecule has 1 aromatic carbocycles. The van der Waals surface area contributed by atoms with Crippen molar-refractivity contribution in [2.45, 2.75) is 121 Å². The molecular formula is C37H49FN6O4. The molecule has 11 heteroatoms. The highest BCUT2D eigenvalue weighted by molar-refractivity contribution is 5.85. The van der Waals surface area contributed by atoms with Gasteiger partial charge in [0.05, 0.1) is 34.9 Å². The average Bonchev–Trinajstić information content (AvgIpc) is 3.48. The number of nitrogens with zero attached hydrogens (tertiary/aromatic N) is 5. The molecule has 2 aromatic rings. The first-order valence-electron chi connectivity index (χ1n) is 17.7. The molecule has 1 aromatic heterocycles. The van der Waals surface area contributed by atoms with E-state index in [1.165, 1.54) is 5.56 Å². The summed E-state index contributed by atoms with van der Waals surface area (Å²) < 4.78 is 33.4. The summed E-state index contributed by atoms with van der Waals surface area (Å²) in [5.41, 5.74) is 2.92. The van der Waals surface area contributed by atoms with Gasteiger partial charge in [-0.3, -0.25) is 10.2 Å². The summed E-state index contributed by atoms with van der Waals surface area (Å²) in [6.45, 7) is 11.2. The van der Waals surface area contributed by atoms with E-state index in [1.54, 1.807) is 0 Å². The van der Waals surface area contributed by atoms with E-state index in [2.05, 4.69) is 27.3 Å². The molecule has 48 heavy (non-hydrogen) atoms. The minimum absolute atomic E-state index is 0.305. The Labute approximate surface area is 283 Å². The van der Waals surface area contributed by atoms with Crippen LogP contribution in [0.3, 0.4) is 0 Å². The Morgan fingerprint density at radius 1 is 1.15 bits per heavy atom. The van der Waals surface area contributed by atoms with E-state index < -0.39 is 23.5 Å². The molecule has 258 valence electrons. The zero-order valence-corrected chi connectivity index (χ0v) is 28.9. The molecule has 4 atom stereocenters. The first-order chi connectivity index (χ1) is 22.9. The van der Waals surface area contributed by atoms with E-state index in [0.717, 1.165) is 87.1 Å². The predicted octanol–water partition coefficient (Wildman–Crippen LogP) is 6.60. The number of aryl methyl sites for hydroxylation is 1. The molecule has 3 saturated heterocycles. The predicted molar refractivity (Wildman–Crippen MR) is 180 cm³/mol. The van der Waals surface area contributed by atoms with Crippen LogP contribution >= 0.6 is 0 Å². The number of anilines is 2. The first kappa shape index (κ1) is 33.0. The molecule has 0 unspecified atom stereocenters.